The summed E-state index contributed by atoms with van der Waals surface area (Å²) in [5, 5.41) is 7.64. The monoisotopic (exact) mass is 374 g/mol. The zero-order chi connectivity index (χ0) is 17.8. The molecule has 1 aliphatic carbocycles. The molecule has 0 saturated carbocycles. The van der Waals surface area contributed by atoms with Gasteiger partial charge >= 0.3 is 5.97 Å². The third kappa shape index (κ3) is 4.02. The first kappa shape index (κ1) is 17.9. The van der Waals surface area contributed by atoms with Crippen molar-refractivity contribution >= 4 is 45.3 Å². The maximum atomic E-state index is 12.3. The first-order valence-corrected chi connectivity index (χ1v) is 9.74. The Morgan fingerprint density at radius 3 is 2.60 bits per heavy atom. The highest BCUT2D eigenvalue weighted by Gasteiger charge is 2.26. The van der Waals surface area contributed by atoms with Crippen LogP contribution < -0.4 is 10.6 Å². The van der Waals surface area contributed by atoms with Crippen molar-refractivity contribution in [2.24, 2.45) is 0 Å². The fourth-order valence-electron chi connectivity index (χ4n) is 3.06. The summed E-state index contributed by atoms with van der Waals surface area (Å²) in [7, 11) is 1.42. The van der Waals surface area contributed by atoms with Crippen LogP contribution in [0.2, 0.25) is 0 Å². The average molecular weight is 375 g/mol. The maximum absolute atomic E-state index is 12.3. The molecule has 0 unspecified atom stereocenters. The van der Waals surface area contributed by atoms with Gasteiger partial charge in [0.05, 0.1) is 12.7 Å². The second-order valence-corrected chi connectivity index (χ2v) is 7.55. The number of fused-ring (bicyclic) bond motifs is 1. The van der Waals surface area contributed by atoms with Crippen LogP contribution in [-0.4, -0.2) is 18.2 Å². The third-order valence-corrected chi connectivity index (χ3v) is 5.82. The summed E-state index contributed by atoms with van der Waals surface area (Å²) in [4.78, 5) is 13.5. The van der Waals surface area contributed by atoms with Crippen molar-refractivity contribution in [3.63, 3.8) is 0 Å². The van der Waals surface area contributed by atoms with Gasteiger partial charge in [-0.1, -0.05) is 19.1 Å². The molecule has 1 heterocycles. The number of thiocarbonyl (C=S) groups is 1. The number of hydrogen-bond donors (Lipinski definition) is 2. The largest absolute Gasteiger partial charge is 0.465 e. The van der Waals surface area contributed by atoms with Gasteiger partial charge in [-0.3, -0.25) is 0 Å². The number of rotatable bonds is 4. The molecular weight excluding hydrogens is 352 g/mol. The molecule has 1 aromatic carbocycles. The zero-order valence-corrected chi connectivity index (χ0v) is 16.1. The van der Waals surface area contributed by atoms with Gasteiger partial charge in [0.1, 0.15) is 5.00 Å². The van der Waals surface area contributed by atoms with Crippen molar-refractivity contribution < 1.29 is 9.53 Å². The van der Waals surface area contributed by atoms with Crippen LogP contribution in [0.25, 0.3) is 0 Å². The summed E-state index contributed by atoms with van der Waals surface area (Å²) in [6.45, 7) is 2.13. The van der Waals surface area contributed by atoms with Crippen LogP contribution in [0.1, 0.15) is 46.1 Å². The SMILES string of the molecule is CCc1ccc(NC(=S)Nc2sc3c(c2C(=O)OC)CCCC3)cc1. The van der Waals surface area contributed by atoms with E-state index in [2.05, 4.69) is 29.7 Å². The lowest BCUT2D eigenvalue weighted by Gasteiger charge is -2.12. The topological polar surface area (TPSA) is 50.4 Å². The van der Waals surface area contributed by atoms with Gasteiger partial charge in [-0.05, 0) is 67.6 Å². The predicted molar refractivity (Wildman–Crippen MR) is 108 cm³/mol. The summed E-state index contributed by atoms with van der Waals surface area (Å²) in [6.07, 6.45) is 5.23. The molecule has 6 heteroatoms. The molecule has 0 fully saturated rings. The molecule has 0 spiro atoms. The molecule has 0 aliphatic heterocycles. The van der Waals surface area contributed by atoms with E-state index < -0.39 is 0 Å². The molecule has 1 aliphatic rings. The molecule has 0 atom stereocenters. The minimum absolute atomic E-state index is 0.294. The van der Waals surface area contributed by atoms with Crippen molar-refractivity contribution in [1.29, 1.82) is 0 Å². The Labute approximate surface area is 157 Å². The zero-order valence-electron chi connectivity index (χ0n) is 14.5. The van der Waals surface area contributed by atoms with E-state index in [1.807, 2.05) is 12.1 Å². The van der Waals surface area contributed by atoms with Crippen molar-refractivity contribution in [3.8, 4) is 0 Å². The van der Waals surface area contributed by atoms with Crippen molar-refractivity contribution in [2.45, 2.75) is 39.0 Å². The molecular formula is C19H22N2O2S2. The van der Waals surface area contributed by atoms with Crippen LogP contribution in [0.15, 0.2) is 24.3 Å². The molecule has 132 valence electrons. The highest BCUT2D eigenvalue weighted by Crippen LogP contribution is 2.38. The first-order chi connectivity index (χ1) is 12.1. The van der Waals surface area contributed by atoms with Crippen molar-refractivity contribution in [1.82, 2.24) is 0 Å². The van der Waals surface area contributed by atoms with Gasteiger partial charge in [-0.25, -0.2) is 4.79 Å². The van der Waals surface area contributed by atoms with Gasteiger partial charge in [0.25, 0.3) is 0 Å². The van der Waals surface area contributed by atoms with Gasteiger partial charge in [0.15, 0.2) is 5.11 Å². The number of thiophene rings is 1. The maximum Gasteiger partial charge on any atom is 0.341 e. The quantitative estimate of drug-likeness (QED) is 0.595. The number of anilines is 2. The lowest BCUT2D eigenvalue weighted by atomic mass is 9.95. The fraction of sp³-hybridized carbons (Fsp3) is 0.368. The average Bonchev–Trinajstić information content (AvgIpc) is 2.99. The second-order valence-electron chi connectivity index (χ2n) is 6.04. The molecule has 0 bridgehead atoms. The summed E-state index contributed by atoms with van der Waals surface area (Å²) in [5.74, 6) is -0.294. The predicted octanol–water partition coefficient (Wildman–Crippen LogP) is 4.78. The smallest absolute Gasteiger partial charge is 0.341 e. The summed E-state index contributed by atoms with van der Waals surface area (Å²) >= 11 is 7.05. The Morgan fingerprint density at radius 2 is 1.92 bits per heavy atom. The van der Waals surface area contributed by atoms with E-state index in [0.717, 1.165) is 41.9 Å². The van der Waals surface area contributed by atoms with E-state index in [9.17, 15) is 4.79 Å². The van der Waals surface area contributed by atoms with Gasteiger partial charge in [0, 0.05) is 10.6 Å². The lowest BCUT2D eigenvalue weighted by Crippen LogP contribution is -2.20. The minimum atomic E-state index is -0.294. The van der Waals surface area contributed by atoms with Crippen LogP contribution in [0, 0.1) is 0 Å². The minimum Gasteiger partial charge on any atom is -0.465 e. The molecule has 25 heavy (non-hydrogen) atoms. The number of ether oxygens (including phenoxy) is 1. The van der Waals surface area contributed by atoms with Gasteiger partial charge in [-0.2, -0.15) is 0 Å². The van der Waals surface area contributed by atoms with E-state index in [0.29, 0.717) is 10.7 Å². The number of nitrogens with one attached hydrogen (secondary N) is 2. The molecule has 0 saturated heterocycles. The van der Waals surface area contributed by atoms with E-state index in [1.165, 1.54) is 24.0 Å². The number of benzene rings is 1. The Bertz CT molecular complexity index is 781. The number of carbonyl (C=O) groups excluding carboxylic acids is 1. The van der Waals surface area contributed by atoms with Gasteiger partial charge in [-0.15, -0.1) is 11.3 Å². The van der Waals surface area contributed by atoms with Crippen molar-refractivity contribution in [2.75, 3.05) is 17.7 Å². The second kappa shape index (κ2) is 7.97. The van der Waals surface area contributed by atoms with Crippen LogP contribution in [0.3, 0.4) is 0 Å². The molecule has 0 amide bonds. The number of carbonyl (C=O) groups is 1. The van der Waals surface area contributed by atoms with Crippen molar-refractivity contribution in [3.05, 3.63) is 45.8 Å². The molecule has 4 nitrogen and oxygen atoms in total. The normalized spacial score (nSPS) is 13.0. The number of aryl methyl sites for hydroxylation is 2. The van der Waals surface area contributed by atoms with E-state index in [-0.39, 0.29) is 5.97 Å². The standard InChI is InChI=1S/C19H22N2O2S2/c1-3-12-8-10-13(11-9-12)20-19(24)21-17-16(18(22)23-2)14-6-4-5-7-15(14)25-17/h8-11H,3-7H2,1-2H3,(H2,20,21,24). The Kier molecular flexibility index (Phi) is 5.71. The summed E-state index contributed by atoms with van der Waals surface area (Å²) in [5.41, 5.74) is 3.98. The highest BCUT2D eigenvalue weighted by molar-refractivity contribution is 7.80. The molecule has 0 radical (unpaired) electrons. The number of hydrogen-bond acceptors (Lipinski definition) is 4. The number of methoxy groups -OCH3 is 1. The first-order valence-electron chi connectivity index (χ1n) is 8.52. The lowest BCUT2D eigenvalue weighted by molar-refractivity contribution is 0.0601. The molecule has 2 aromatic rings. The van der Waals surface area contributed by atoms with Crippen LogP contribution in [0.4, 0.5) is 10.7 Å². The molecule has 2 N–H and O–H groups in total. The fourth-order valence-corrected chi connectivity index (χ4v) is 4.63. The third-order valence-electron chi connectivity index (χ3n) is 4.41. The highest BCUT2D eigenvalue weighted by atomic mass is 32.1. The molecule has 3 rings (SSSR count). The Balaban J connectivity index is 1.78. The van der Waals surface area contributed by atoms with Gasteiger partial charge in [0.2, 0.25) is 0 Å². The van der Waals surface area contributed by atoms with Crippen LogP contribution in [0.5, 0.6) is 0 Å². The Morgan fingerprint density at radius 1 is 1.20 bits per heavy atom. The van der Waals surface area contributed by atoms with Crippen LogP contribution in [-0.2, 0) is 24.0 Å². The van der Waals surface area contributed by atoms with E-state index in [4.69, 9.17) is 17.0 Å². The Hall–Kier alpha value is -1.92. The van der Waals surface area contributed by atoms with Gasteiger partial charge < -0.3 is 15.4 Å². The molecule has 1 aromatic heterocycles. The van der Waals surface area contributed by atoms with E-state index in [1.54, 1.807) is 11.3 Å². The summed E-state index contributed by atoms with van der Waals surface area (Å²) in [6, 6.07) is 8.17. The van der Waals surface area contributed by atoms with Crippen LogP contribution >= 0.6 is 23.6 Å². The summed E-state index contributed by atoms with van der Waals surface area (Å²) < 4.78 is 4.99. The number of esters is 1. The van der Waals surface area contributed by atoms with E-state index >= 15 is 0 Å².